The third kappa shape index (κ3) is 38.7. The third-order valence-electron chi connectivity index (χ3n) is 12.4. The molecule has 0 saturated heterocycles. The molecule has 0 aliphatic rings. The molecule has 55 heavy (non-hydrogen) atoms. The van der Waals surface area contributed by atoms with Gasteiger partial charge in [0.2, 0.25) is 0 Å². The summed E-state index contributed by atoms with van der Waals surface area (Å²) >= 11 is 0. The minimum Gasteiger partial charge on any atom is -0.320 e. The van der Waals surface area contributed by atoms with E-state index < -0.39 is 0 Å². The van der Waals surface area contributed by atoms with E-state index in [0.29, 0.717) is 0 Å². The minimum atomic E-state index is 1.21. The summed E-state index contributed by atoms with van der Waals surface area (Å²) in [4.78, 5) is 0. The highest BCUT2D eigenvalue weighted by Crippen LogP contribution is 2.21. The van der Waals surface area contributed by atoms with Crippen molar-refractivity contribution in [2.75, 3.05) is 52.4 Å². The SMILES string of the molecule is C=C(C)C[N+](CCCC)(CCCC)CCCCCCCCCCCCCC.C=C(C)C[N+](CCCC)(CCCC)CCCCCCCCCCCCCCC. The number of quaternary nitrogens is 2. The van der Waals surface area contributed by atoms with Gasteiger partial charge in [-0.3, -0.25) is 0 Å². The minimum absolute atomic E-state index is 1.21. The normalized spacial score (nSPS) is 11.9. The zero-order chi connectivity index (χ0) is 41.1. The topological polar surface area (TPSA) is 0 Å². The molecule has 0 aromatic heterocycles. The second-order valence-corrected chi connectivity index (χ2v) is 18.8. The Labute approximate surface area is 351 Å². The molecule has 0 aromatic carbocycles. The van der Waals surface area contributed by atoms with Gasteiger partial charge in [-0.1, -0.05) is 215 Å². The van der Waals surface area contributed by atoms with Gasteiger partial charge in [-0.15, -0.1) is 0 Å². The van der Waals surface area contributed by atoms with E-state index >= 15 is 0 Å². The van der Waals surface area contributed by atoms with Gasteiger partial charge in [0.25, 0.3) is 0 Å². The molecule has 0 radical (unpaired) electrons. The van der Waals surface area contributed by atoms with Crippen LogP contribution in [0, 0.1) is 0 Å². The van der Waals surface area contributed by atoms with Crippen molar-refractivity contribution in [3.8, 4) is 0 Å². The van der Waals surface area contributed by atoms with Crippen molar-refractivity contribution >= 4 is 0 Å². The van der Waals surface area contributed by atoms with E-state index in [4.69, 9.17) is 0 Å². The van der Waals surface area contributed by atoms with Gasteiger partial charge in [-0.05, 0) is 76.4 Å². The van der Waals surface area contributed by atoms with Crippen molar-refractivity contribution in [3.63, 3.8) is 0 Å². The molecule has 2 nitrogen and oxygen atoms in total. The second-order valence-electron chi connectivity index (χ2n) is 18.8. The first kappa shape index (κ1) is 56.5. The molecule has 0 aliphatic heterocycles. The molecule has 0 heterocycles. The highest BCUT2D eigenvalue weighted by atomic mass is 15.4. The summed E-state index contributed by atoms with van der Waals surface area (Å²) in [6.07, 6.45) is 46.9. The van der Waals surface area contributed by atoms with Crippen LogP contribution in [0.2, 0.25) is 0 Å². The van der Waals surface area contributed by atoms with Gasteiger partial charge < -0.3 is 8.97 Å². The summed E-state index contributed by atoms with van der Waals surface area (Å²) in [6.45, 7) is 37.5. The van der Waals surface area contributed by atoms with E-state index in [0.717, 1.165) is 0 Å². The molecular formula is C53H110N2+2. The van der Waals surface area contributed by atoms with E-state index in [2.05, 4.69) is 68.5 Å². The lowest BCUT2D eigenvalue weighted by atomic mass is 10.0. The maximum Gasteiger partial charge on any atom is 0.0998 e. The van der Waals surface area contributed by atoms with Gasteiger partial charge in [0.05, 0.1) is 52.4 Å². The van der Waals surface area contributed by atoms with Crippen LogP contribution < -0.4 is 0 Å². The van der Waals surface area contributed by atoms with Crippen LogP contribution in [0.3, 0.4) is 0 Å². The van der Waals surface area contributed by atoms with Crippen molar-refractivity contribution in [2.45, 2.75) is 267 Å². The van der Waals surface area contributed by atoms with Crippen LogP contribution >= 0.6 is 0 Å². The number of unbranched alkanes of at least 4 members (excludes halogenated alkanes) is 27. The molecule has 330 valence electrons. The summed E-state index contributed by atoms with van der Waals surface area (Å²) in [5.41, 5.74) is 2.75. The van der Waals surface area contributed by atoms with E-state index in [1.54, 1.807) is 0 Å². The summed E-state index contributed by atoms with van der Waals surface area (Å²) in [6, 6.07) is 0. The van der Waals surface area contributed by atoms with Gasteiger partial charge in [-0.2, -0.15) is 0 Å². The van der Waals surface area contributed by atoms with Gasteiger partial charge >= 0.3 is 0 Å². The van der Waals surface area contributed by atoms with Crippen LogP contribution in [0.1, 0.15) is 267 Å². The number of hydrogen-bond acceptors (Lipinski definition) is 0. The van der Waals surface area contributed by atoms with E-state index in [9.17, 15) is 0 Å². The van der Waals surface area contributed by atoms with E-state index in [-0.39, 0.29) is 0 Å². The first-order valence-electron chi connectivity index (χ1n) is 25.7. The fourth-order valence-electron chi connectivity index (χ4n) is 9.02. The van der Waals surface area contributed by atoms with Crippen LogP contribution in [0.5, 0.6) is 0 Å². The lowest BCUT2D eigenvalue weighted by Crippen LogP contribution is -2.51. The molecule has 0 saturated carbocycles. The van der Waals surface area contributed by atoms with Gasteiger partial charge in [0.1, 0.15) is 0 Å². The molecule has 0 amide bonds. The zero-order valence-electron chi connectivity index (χ0n) is 40.3. The standard InChI is InChI=1S/C27H56N.C26H54N/c1-6-9-12-13-14-15-16-17-18-19-20-21-22-25-28(23-10-7-2,24-11-8-3)26-27(4)5;1-6-9-12-13-14-15-16-17-18-19-20-21-24-27(22-10-7-2,23-11-8-3)25-26(4)5/h4,6-26H2,1-3,5H3;4,6-25H2,1-3,5H3/q2*+1. The quantitative estimate of drug-likeness (QED) is 0.0329. The zero-order valence-corrected chi connectivity index (χ0v) is 40.3. The molecule has 0 aromatic rings. The maximum absolute atomic E-state index is 4.25. The third-order valence-corrected chi connectivity index (χ3v) is 12.4. The Hall–Kier alpha value is -0.600. The van der Waals surface area contributed by atoms with Gasteiger partial charge in [0.15, 0.2) is 0 Å². The summed E-state index contributed by atoms with van der Waals surface area (Å²) < 4.78 is 2.63. The molecule has 0 rings (SSSR count). The van der Waals surface area contributed by atoms with Crippen molar-refractivity contribution in [1.82, 2.24) is 0 Å². The molecule has 0 fully saturated rings. The van der Waals surface area contributed by atoms with Crippen LogP contribution in [-0.2, 0) is 0 Å². The monoisotopic (exact) mass is 775 g/mol. The molecule has 0 atom stereocenters. The molecule has 0 spiro atoms. The molecule has 0 unspecified atom stereocenters. The Morgan fingerprint density at radius 3 is 0.600 bits per heavy atom. The van der Waals surface area contributed by atoms with Crippen molar-refractivity contribution in [2.24, 2.45) is 0 Å². The highest BCUT2D eigenvalue weighted by molar-refractivity contribution is 4.88. The maximum atomic E-state index is 4.25. The largest absolute Gasteiger partial charge is 0.320 e. The van der Waals surface area contributed by atoms with Crippen molar-refractivity contribution < 1.29 is 8.97 Å². The Balaban J connectivity index is 0. The average molecular weight is 775 g/mol. The average Bonchev–Trinajstić information content (AvgIpc) is 3.16. The lowest BCUT2D eigenvalue weighted by molar-refractivity contribution is -0.924. The van der Waals surface area contributed by atoms with Gasteiger partial charge in [0, 0.05) is 0 Å². The summed E-state index contributed by atoms with van der Waals surface area (Å²) in [5, 5.41) is 0. The van der Waals surface area contributed by atoms with Crippen molar-refractivity contribution in [1.29, 1.82) is 0 Å². The predicted molar refractivity (Wildman–Crippen MR) is 255 cm³/mol. The molecule has 2 heteroatoms. The molecule has 0 bridgehead atoms. The van der Waals surface area contributed by atoms with Crippen LogP contribution in [0.4, 0.5) is 0 Å². The first-order chi connectivity index (χ1) is 26.7. The highest BCUT2D eigenvalue weighted by Gasteiger charge is 2.27. The lowest BCUT2D eigenvalue weighted by Gasteiger charge is -2.39. The van der Waals surface area contributed by atoms with E-state index in [1.165, 1.54) is 284 Å². The van der Waals surface area contributed by atoms with Crippen LogP contribution in [0.15, 0.2) is 24.3 Å². The summed E-state index contributed by atoms with van der Waals surface area (Å²) in [7, 11) is 0. The fraction of sp³-hybridized carbons (Fsp3) is 0.925. The fourth-order valence-corrected chi connectivity index (χ4v) is 9.02. The van der Waals surface area contributed by atoms with Crippen molar-refractivity contribution in [3.05, 3.63) is 24.3 Å². The second kappa shape index (κ2) is 43.0. The van der Waals surface area contributed by atoms with Crippen LogP contribution in [-0.4, -0.2) is 61.3 Å². The predicted octanol–water partition coefficient (Wildman–Crippen LogP) is 17.8. The number of hydrogen-bond donors (Lipinski definition) is 0. The molecular weight excluding hydrogens is 665 g/mol. The Morgan fingerprint density at radius 2 is 0.418 bits per heavy atom. The Bertz CT molecular complexity index is 767. The Morgan fingerprint density at radius 1 is 0.255 bits per heavy atom. The molecule has 0 aliphatic carbocycles. The smallest absolute Gasteiger partial charge is 0.0998 e. The number of rotatable bonds is 43. The first-order valence-corrected chi connectivity index (χ1v) is 25.7. The van der Waals surface area contributed by atoms with E-state index in [1.807, 2.05) is 0 Å². The molecule has 0 N–H and O–H groups in total. The Kier molecular flexibility index (Phi) is 44.2. The number of nitrogens with zero attached hydrogens (tertiary/aromatic N) is 2. The van der Waals surface area contributed by atoms with Crippen LogP contribution in [0.25, 0.3) is 0 Å². The van der Waals surface area contributed by atoms with Gasteiger partial charge in [-0.25, -0.2) is 0 Å². The summed E-state index contributed by atoms with van der Waals surface area (Å²) in [5.74, 6) is 0.